The van der Waals surface area contributed by atoms with Crippen molar-refractivity contribution in [3.63, 3.8) is 0 Å². The Hall–Kier alpha value is -1.34. The number of carboxylic acids is 1. The molecule has 1 saturated carbocycles. The highest BCUT2D eigenvalue weighted by Crippen LogP contribution is 2.23. The minimum absolute atomic E-state index is 0.0698. The predicted octanol–water partition coefficient (Wildman–Crippen LogP) is 0.439. The number of aliphatic carboxylic acids is 1. The highest BCUT2D eigenvalue weighted by molar-refractivity contribution is 5.75. The fraction of sp³-hybridized carbons (Fsp3) is 0.846. The second-order valence-corrected chi connectivity index (χ2v) is 5.23. The number of hydrogen-bond acceptors (Lipinski definition) is 4. The molecule has 2 rings (SSSR count). The first kappa shape index (κ1) is 15.1. The summed E-state index contributed by atoms with van der Waals surface area (Å²) in [6.45, 7) is 3.88. The molecule has 1 aliphatic carbocycles. The molecule has 114 valence electrons. The Bertz CT molecular complexity index is 357. The molecule has 1 aliphatic heterocycles. The smallest absolute Gasteiger partial charge is 0.317 e. The summed E-state index contributed by atoms with van der Waals surface area (Å²) in [5.74, 6) is -0.907. The second-order valence-electron chi connectivity index (χ2n) is 5.23. The summed E-state index contributed by atoms with van der Waals surface area (Å²) in [4.78, 5) is 24.4. The summed E-state index contributed by atoms with van der Waals surface area (Å²) >= 11 is 0. The molecule has 1 saturated heterocycles. The summed E-state index contributed by atoms with van der Waals surface area (Å²) in [6, 6.07) is 0.0310. The summed E-state index contributed by atoms with van der Waals surface area (Å²) < 4.78 is 10.8. The lowest BCUT2D eigenvalue weighted by Crippen LogP contribution is -2.55. The van der Waals surface area contributed by atoms with Crippen molar-refractivity contribution < 1.29 is 24.2 Å². The van der Waals surface area contributed by atoms with E-state index in [9.17, 15) is 9.59 Å². The van der Waals surface area contributed by atoms with Crippen LogP contribution >= 0.6 is 0 Å². The van der Waals surface area contributed by atoms with Crippen LogP contribution in [0.1, 0.15) is 26.2 Å². The zero-order valence-electron chi connectivity index (χ0n) is 11.7. The van der Waals surface area contributed by atoms with Gasteiger partial charge in [-0.05, 0) is 19.8 Å². The van der Waals surface area contributed by atoms with Crippen LogP contribution in [-0.2, 0) is 14.3 Å². The standard InChI is InChI=1S/C13H22N2O5/c1-2-19-10-5-9(6-10)14-13(18)15-3-4-20-11(8-15)7-12(16)17/h9-11H,2-8H2,1H3,(H,14,18)(H,16,17). The first-order chi connectivity index (χ1) is 9.58. The molecule has 0 aromatic rings. The monoisotopic (exact) mass is 286 g/mol. The van der Waals surface area contributed by atoms with Crippen molar-refractivity contribution in [2.75, 3.05) is 26.3 Å². The van der Waals surface area contributed by atoms with Crippen LogP contribution in [0.25, 0.3) is 0 Å². The van der Waals surface area contributed by atoms with Crippen molar-refractivity contribution >= 4 is 12.0 Å². The van der Waals surface area contributed by atoms with Crippen molar-refractivity contribution in [3.8, 4) is 0 Å². The molecular formula is C13H22N2O5. The Kier molecular flexibility index (Phi) is 5.19. The molecular weight excluding hydrogens is 264 g/mol. The molecule has 0 aromatic carbocycles. The summed E-state index contributed by atoms with van der Waals surface area (Å²) in [5.41, 5.74) is 0. The average Bonchev–Trinajstić information content (AvgIpc) is 2.35. The molecule has 1 atom stereocenters. The van der Waals surface area contributed by atoms with Crippen molar-refractivity contribution in [1.82, 2.24) is 10.2 Å². The fourth-order valence-electron chi connectivity index (χ4n) is 2.54. The minimum atomic E-state index is -0.907. The first-order valence-corrected chi connectivity index (χ1v) is 7.09. The van der Waals surface area contributed by atoms with E-state index in [1.54, 1.807) is 4.90 Å². The Morgan fingerprint density at radius 2 is 2.20 bits per heavy atom. The molecule has 2 N–H and O–H groups in total. The van der Waals surface area contributed by atoms with Gasteiger partial charge in [0.15, 0.2) is 0 Å². The third-order valence-electron chi connectivity index (χ3n) is 3.65. The molecule has 0 spiro atoms. The van der Waals surface area contributed by atoms with E-state index < -0.39 is 12.1 Å². The summed E-state index contributed by atoms with van der Waals surface area (Å²) in [5, 5.41) is 11.7. The number of carbonyl (C=O) groups is 2. The van der Waals surface area contributed by atoms with Gasteiger partial charge in [0.2, 0.25) is 0 Å². The van der Waals surface area contributed by atoms with Crippen LogP contribution in [0.4, 0.5) is 4.79 Å². The third kappa shape index (κ3) is 4.08. The van der Waals surface area contributed by atoms with E-state index in [0.29, 0.717) is 26.3 Å². The van der Waals surface area contributed by atoms with Gasteiger partial charge < -0.3 is 24.8 Å². The van der Waals surface area contributed by atoms with Crippen LogP contribution in [-0.4, -0.2) is 66.6 Å². The number of nitrogens with zero attached hydrogens (tertiary/aromatic N) is 1. The molecule has 7 nitrogen and oxygen atoms in total. The molecule has 0 aromatic heterocycles. The lowest BCUT2D eigenvalue weighted by molar-refractivity contribution is -0.141. The van der Waals surface area contributed by atoms with Crippen molar-refractivity contribution in [3.05, 3.63) is 0 Å². The van der Waals surface area contributed by atoms with Gasteiger partial charge in [-0.25, -0.2) is 4.79 Å². The van der Waals surface area contributed by atoms with E-state index in [0.717, 1.165) is 12.8 Å². The SMILES string of the molecule is CCOC1CC(NC(=O)N2CCOC(CC(=O)O)C2)C1. The highest BCUT2D eigenvalue weighted by atomic mass is 16.5. The van der Waals surface area contributed by atoms with Crippen LogP contribution in [0.3, 0.4) is 0 Å². The maximum absolute atomic E-state index is 12.1. The quantitative estimate of drug-likeness (QED) is 0.765. The molecule has 2 fully saturated rings. The summed E-state index contributed by atoms with van der Waals surface area (Å²) in [6.07, 6.45) is 1.48. The Labute approximate surface area is 118 Å². The van der Waals surface area contributed by atoms with E-state index in [4.69, 9.17) is 14.6 Å². The molecule has 0 radical (unpaired) electrons. The average molecular weight is 286 g/mol. The molecule has 7 heteroatoms. The Morgan fingerprint density at radius 3 is 2.85 bits per heavy atom. The van der Waals surface area contributed by atoms with E-state index in [2.05, 4.69) is 5.32 Å². The van der Waals surface area contributed by atoms with Gasteiger partial charge >= 0.3 is 12.0 Å². The molecule has 1 unspecified atom stereocenters. The van der Waals surface area contributed by atoms with Gasteiger partial charge in [-0.2, -0.15) is 0 Å². The van der Waals surface area contributed by atoms with E-state index in [-0.39, 0.29) is 24.6 Å². The maximum atomic E-state index is 12.1. The van der Waals surface area contributed by atoms with Crippen molar-refractivity contribution in [2.45, 2.75) is 44.4 Å². The van der Waals surface area contributed by atoms with Gasteiger partial charge in [-0.1, -0.05) is 0 Å². The van der Waals surface area contributed by atoms with E-state index >= 15 is 0 Å². The van der Waals surface area contributed by atoms with Crippen LogP contribution < -0.4 is 5.32 Å². The number of morpholine rings is 1. The largest absolute Gasteiger partial charge is 0.481 e. The summed E-state index contributed by atoms with van der Waals surface area (Å²) in [7, 11) is 0. The van der Waals surface area contributed by atoms with E-state index in [1.807, 2.05) is 6.92 Å². The van der Waals surface area contributed by atoms with Gasteiger partial charge in [-0.15, -0.1) is 0 Å². The zero-order valence-corrected chi connectivity index (χ0v) is 11.7. The Balaban J connectivity index is 1.71. The number of urea groups is 1. The van der Waals surface area contributed by atoms with Gasteiger partial charge in [0, 0.05) is 25.7 Å². The van der Waals surface area contributed by atoms with Crippen LogP contribution in [0.5, 0.6) is 0 Å². The molecule has 2 aliphatic rings. The molecule has 0 bridgehead atoms. The molecule has 1 heterocycles. The number of hydrogen-bond donors (Lipinski definition) is 2. The first-order valence-electron chi connectivity index (χ1n) is 7.09. The van der Waals surface area contributed by atoms with Gasteiger partial charge in [0.05, 0.1) is 25.2 Å². The van der Waals surface area contributed by atoms with Crippen molar-refractivity contribution in [1.29, 1.82) is 0 Å². The molecule has 2 amide bonds. The van der Waals surface area contributed by atoms with Crippen LogP contribution in [0.15, 0.2) is 0 Å². The second kappa shape index (κ2) is 6.90. The Morgan fingerprint density at radius 1 is 1.45 bits per heavy atom. The normalized spacial score (nSPS) is 29.6. The van der Waals surface area contributed by atoms with Gasteiger partial charge in [0.25, 0.3) is 0 Å². The third-order valence-corrected chi connectivity index (χ3v) is 3.65. The number of nitrogens with one attached hydrogen (secondary N) is 1. The van der Waals surface area contributed by atoms with Crippen LogP contribution in [0, 0.1) is 0 Å². The zero-order chi connectivity index (χ0) is 14.5. The lowest BCUT2D eigenvalue weighted by Gasteiger charge is -2.38. The molecule has 20 heavy (non-hydrogen) atoms. The van der Waals surface area contributed by atoms with Crippen molar-refractivity contribution in [2.24, 2.45) is 0 Å². The lowest BCUT2D eigenvalue weighted by atomic mass is 9.89. The van der Waals surface area contributed by atoms with Gasteiger partial charge in [-0.3, -0.25) is 4.79 Å². The maximum Gasteiger partial charge on any atom is 0.317 e. The van der Waals surface area contributed by atoms with Crippen LogP contribution in [0.2, 0.25) is 0 Å². The number of carboxylic acid groups (broad SMARTS) is 1. The topological polar surface area (TPSA) is 88.1 Å². The number of rotatable bonds is 5. The minimum Gasteiger partial charge on any atom is -0.481 e. The number of amides is 2. The number of ether oxygens (including phenoxy) is 2. The van der Waals surface area contributed by atoms with Gasteiger partial charge in [0.1, 0.15) is 0 Å². The fourth-order valence-corrected chi connectivity index (χ4v) is 2.54. The highest BCUT2D eigenvalue weighted by Gasteiger charge is 2.33. The van der Waals surface area contributed by atoms with E-state index in [1.165, 1.54) is 0 Å². The number of carbonyl (C=O) groups excluding carboxylic acids is 1. The predicted molar refractivity (Wildman–Crippen MR) is 70.5 cm³/mol.